The van der Waals surface area contributed by atoms with E-state index < -0.39 is 0 Å². The maximum absolute atomic E-state index is 11.2. The quantitative estimate of drug-likeness (QED) is 0.875. The Labute approximate surface area is 102 Å². The fourth-order valence-corrected chi connectivity index (χ4v) is 1.53. The fraction of sp³-hybridized carbons (Fsp3) is 0.273. The smallest absolute Gasteiger partial charge is 0.250 e. The molecule has 0 unspecified atom stereocenters. The molecule has 4 nitrogen and oxygen atoms in total. The molecule has 2 aromatic rings. The zero-order valence-corrected chi connectivity index (χ0v) is 11.1. The minimum Gasteiger partial charge on any atom is -0.250 e. The highest BCUT2D eigenvalue weighted by molar-refractivity contribution is 9.10. The van der Waals surface area contributed by atoms with Gasteiger partial charge in [0, 0.05) is 4.47 Å². The average Bonchev–Trinajstić information content (AvgIpc) is 2.72. The minimum absolute atomic E-state index is 0.235. The van der Waals surface area contributed by atoms with Crippen molar-refractivity contribution in [1.82, 2.24) is 14.8 Å². The summed E-state index contributed by atoms with van der Waals surface area (Å²) in [6, 6.07) is 5.70. The van der Waals surface area contributed by atoms with E-state index in [2.05, 4.69) is 26.1 Å². The Balaban J connectivity index is 0.000000606. The largest absolute Gasteiger partial charge is 0.347 e. The molecule has 0 aliphatic carbocycles. The Hall–Kier alpha value is -1.36. The van der Waals surface area contributed by atoms with E-state index in [0.29, 0.717) is 0 Å². The Kier molecular flexibility index (Phi) is 4.49. The normalized spacial score (nSPS) is 9.50. The minimum atomic E-state index is -0.235. The molecular formula is C11H14BrN3O. The molecule has 0 saturated carbocycles. The number of aryl methyl sites for hydroxylation is 1. The number of nitrogens with one attached hydrogen (secondary N) is 1. The van der Waals surface area contributed by atoms with E-state index in [1.54, 1.807) is 0 Å². The van der Waals surface area contributed by atoms with Gasteiger partial charge in [-0.3, -0.25) is 0 Å². The van der Waals surface area contributed by atoms with Crippen LogP contribution in [0.15, 0.2) is 33.8 Å². The van der Waals surface area contributed by atoms with Crippen LogP contribution in [0.5, 0.6) is 0 Å². The second-order valence-corrected chi connectivity index (χ2v) is 3.82. The fourth-order valence-electron chi connectivity index (χ4n) is 1.16. The zero-order valence-electron chi connectivity index (χ0n) is 9.49. The van der Waals surface area contributed by atoms with Gasteiger partial charge in [-0.05, 0) is 24.6 Å². The molecule has 0 spiro atoms. The van der Waals surface area contributed by atoms with Crippen molar-refractivity contribution >= 4 is 15.9 Å². The Morgan fingerprint density at radius 3 is 2.56 bits per heavy atom. The lowest BCUT2D eigenvalue weighted by molar-refractivity contribution is 0.980. The number of H-pyrrole nitrogens is 1. The summed E-state index contributed by atoms with van der Waals surface area (Å²) in [5.74, 6) is 0. The number of nitrogens with zero attached hydrogens (tertiary/aromatic N) is 2. The molecule has 0 radical (unpaired) electrons. The van der Waals surface area contributed by atoms with Crippen LogP contribution >= 0.6 is 15.9 Å². The van der Waals surface area contributed by atoms with Crippen molar-refractivity contribution in [3.05, 3.63) is 45.0 Å². The highest BCUT2D eigenvalue weighted by atomic mass is 79.9. The van der Waals surface area contributed by atoms with Gasteiger partial charge in [0.15, 0.2) is 0 Å². The summed E-state index contributed by atoms with van der Waals surface area (Å²) in [7, 11) is 0. The van der Waals surface area contributed by atoms with Crippen LogP contribution in [0.1, 0.15) is 19.4 Å². The van der Waals surface area contributed by atoms with E-state index in [9.17, 15) is 4.79 Å². The van der Waals surface area contributed by atoms with Crippen LogP contribution in [-0.2, 0) is 0 Å². The van der Waals surface area contributed by atoms with Crippen molar-refractivity contribution in [1.29, 1.82) is 0 Å². The first-order chi connectivity index (χ1) is 7.68. The van der Waals surface area contributed by atoms with Crippen molar-refractivity contribution in [2.75, 3.05) is 0 Å². The first kappa shape index (κ1) is 12.7. The van der Waals surface area contributed by atoms with Gasteiger partial charge in [-0.15, -0.1) is 0 Å². The van der Waals surface area contributed by atoms with Crippen molar-refractivity contribution in [3.8, 4) is 5.69 Å². The molecule has 1 aromatic heterocycles. The second-order valence-electron chi connectivity index (χ2n) is 2.97. The van der Waals surface area contributed by atoms with Gasteiger partial charge >= 0.3 is 5.69 Å². The molecule has 0 fully saturated rings. The first-order valence-electron chi connectivity index (χ1n) is 5.07. The van der Waals surface area contributed by atoms with E-state index in [-0.39, 0.29) is 5.69 Å². The number of hydrogen-bond acceptors (Lipinski definition) is 2. The maximum atomic E-state index is 11.2. The number of rotatable bonds is 1. The highest BCUT2D eigenvalue weighted by Crippen LogP contribution is 2.18. The average molecular weight is 284 g/mol. The maximum Gasteiger partial charge on any atom is 0.347 e. The Morgan fingerprint density at radius 2 is 2.06 bits per heavy atom. The number of halogens is 1. The first-order valence-corrected chi connectivity index (χ1v) is 5.86. The molecule has 1 N–H and O–H groups in total. The number of aromatic amines is 1. The van der Waals surface area contributed by atoms with Gasteiger partial charge in [0.05, 0.1) is 5.69 Å². The van der Waals surface area contributed by atoms with Gasteiger partial charge in [0.1, 0.15) is 6.33 Å². The molecule has 0 atom stereocenters. The third-order valence-corrected chi connectivity index (χ3v) is 2.84. The van der Waals surface area contributed by atoms with E-state index in [4.69, 9.17) is 0 Å². The van der Waals surface area contributed by atoms with Crippen LogP contribution < -0.4 is 5.69 Å². The molecule has 2 rings (SSSR count). The van der Waals surface area contributed by atoms with Crippen LogP contribution in [0, 0.1) is 6.92 Å². The van der Waals surface area contributed by atoms with Gasteiger partial charge in [-0.25, -0.2) is 14.5 Å². The molecule has 1 heterocycles. The summed E-state index contributed by atoms with van der Waals surface area (Å²) in [5.41, 5.74) is 1.69. The molecule has 0 aliphatic heterocycles. The lowest BCUT2D eigenvalue weighted by atomic mass is 10.2. The van der Waals surface area contributed by atoms with Gasteiger partial charge in [-0.1, -0.05) is 35.8 Å². The summed E-state index contributed by atoms with van der Waals surface area (Å²) in [5, 5.41) is 6.00. The molecule has 5 heteroatoms. The van der Waals surface area contributed by atoms with Crippen molar-refractivity contribution < 1.29 is 0 Å². The monoisotopic (exact) mass is 283 g/mol. The van der Waals surface area contributed by atoms with E-state index in [1.807, 2.05) is 39.0 Å². The summed E-state index contributed by atoms with van der Waals surface area (Å²) in [4.78, 5) is 11.2. The van der Waals surface area contributed by atoms with Gasteiger partial charge in [-0.2, -0.15) is 5.10 Å². The van der Waals surface area contributed by atoms with E-state index in [1.165, 1.54) is 10.9 Å². The van der Waals surface area contributed by atoms with Gasteiger partial charge < -0.3 is 0 Å². The summed E-state index contributed by atoms with van der Waals surface area (Å²) in [6.45, 7) is 5.99. The van der Waals surface area contributed by atoms with Gasteiger partial charge in [0.2, 0.25) is 0 Å². The molecule has 0 amide bonds. The summed E-state index contributed by atoms with van der Waals surface area (Å²) in [6.07, 6.45) is 1.46. The molecule has 0 aliphatic rings. The highest BCUT2D eigenvalue weighted by Gasteiger charge is 2.02. The molecule has 0 saturated heterocycles. The topological polar surface area (TPSA) is 50.7 Å². The SMILES string of the molecule is CC.Cc1ccc(-n2cn[nH]c2=O)cc1Br. The molecule has 0 bridgehead atoms. The standard InChI is InChI=1S/C9H8BrN3O.C2H6/c1-6-2-3-7(4-8(6)10)13-5-11-12-9(13)14;1-2/h2-5H,1H3,(H,12,14);1-2H3. The molecular weight excluding hydrogens is 270 g/mol. The Morgan fingerprint density at radius 1 is 1.38 bits per heavy atom. The van der Waals surface area contributed by atoms with Crippen molar-refractivity contribution in [2.24, 2.45) is 0 Å². The van der Waals surface area contributed by atoms with Crippen LogP contribution in [0.4, 0.5) is 0 Å². The number of aromatic nitrogens is 3. The molecule has 86 valence electrons. The Bertz CT molecular complexity index is 516. The molecule has 16 heavy (non-hydrogen) atoms. The zero-order chi connectivity index (χ0) is 12.1. The predicted molar refractivity (Wildman–Crippen MR) is 68.0 cm³/mol. The third-order valence-electron chi connectivity index (χ3n) is 1.99. The molecule has 1 aromatic carbocycles. The van der Waals surface area contributed by atoms with Crippen LogP contribution in [0.25, 0.3) is 5.69 Å². The van der Waals surface area contributed by atoms with Crippen molar-refractivity contribution in [3.63, 3.8) is 0 Å². The summed E-state index contributed by atoms with van der Waals surface area (Å²) < 4.78 is 2.42. The predicted octanol–water partition coefficient (Wildman–Crippen LogP) is 2.66. The summed E-state index contributed by atoms with van der Waals surface area (Å²) >= 11 is 3.41. The van der Waals surface area contributed by atoms with E-state index >= 15 is 0 Å². The van der Waals surface area contributed by atoms with Crippen molar-refractivity contribution in [2.45, 2.75) is 20.8 Å². The lowest BCUT2D eigenvalue weighted by Gasteiger charge is -2.02. The second kappa shape index (κ2) is 5.65. The van der Waals surface area contributed by atoms with Crippen LogP contribution in [-0.4, -0.2) is 14.8 Å². The number of hydrogen-bond donors (Lipinski definition) is 1. The lowest BCUT2D eigenvalue weighted by Crippen LogP contribution is -2.13. The van der Waals surface area contributed by atoms with E-state index in [0.717, 1.165) is 15.7 Å². The third kappa shape index (κ3) is 2.61. The van der Waals surface area contributed by atoms with Crippen LogP contribution in [0.3, 0.4) is 0 Å². The van der Waals surface area contributed by atoms with Gasteiger partial charge in [0.25, 0.3) is 0 Å². The number of benzene rings is 1. The van der Waals surface area contributed by atoms with Crippen LogP contribution in [0.2, 0.25) is 0 Å².